The minimum absolute atomic E-state index is 0.351. The van der Waals surface area contributed by atoms with Crippen molar-refractivity contribution in [3.8, 4) is 17.6 Å². The van der Waals surface area contributed by atoms with Crippen molar-refractivity contribution in [1.29, 1.82) is 5.26 Å². The van der Waals surface area contributed by atoms with Crippen LogP contribution in [0, 0.1) is 11.3 Å². The minimum Gasteiger partial charge on any atom is -0.489 e. The number of nitriles is 1. The van der Waals surface area contributed by atoms with Gasteiger partial charge in [0.2, 0.25) is 0 Å². The largest absolute Gasteiger partial charge is 0.489 e. The van der Waals surface area contributed by atoms with Crippen LogP contribution in [0.4, 0.5) is 0 Å². The van der Waals surface area contributed by atoms with Gasteiger partial charge in [0.1, 0.15) is 24.7 Å². The summed E-state index contributed by atoms with van der Waals surface area (Å²) >= 11 is 6.63. The number of rotatable bonds is 9. The zero-order valence-electron chi connectivity index (χ0n) is 21.5. The number of aliphatic hydroxyl groups is 2. The summed E-state index contributed by atoms with van der Waals surface area (Å²) in [6.07, 6.45) is -2.57. The van der Waals surface area contributed by atoms with Crippen LogP contribution < -0.4 is 9.47 Å². The lowest BCUT2D eigenvalue weighted by molar-refractivity contribution is -0.150. The van der Waals surface area contributed by atoms with E-state index in [1.165, 1.54) is 7.11 Å². The van der Waals surface area contributed by atoms with Gasteiger partial charge in [-0.25, -0.2) is 4.79 Å². The smallest absolute Gasteiger partial charge is 0.339 e. The van der Waals surface area contributed by atoms with Gasteiger partial charge in [0.25, 0.3) is 0 Å². The Hall–Kier alpha value is -3.68. The molecule has 0 spiro atoms. The van der Waals surface area contributed by atoms with E-state index >= 15 is 0 Å². The summed E-state index contributed by atoms with van der Waals surface area (Å²) in [7, 11) is 1.23. The predicted molar refractivity (Wildman–Crippen MR) is 157 cm³/mol. The van der Waals surface area contributed by atoms with Crippen LogP contribution >= 0.6 is 31.9 Å². The molecule has 0 heterocycles. The third-order valence-electron chi connectivity index (χ3n) is 5.55. The van der Waals surface area contributed by atoms with Crippen molar-refractivity contribution in [2.24, 2.45) is 0 Å². The molecule has 0 saturated carbocycles. The fraction of sp³-hybridized carbons (Fsp3) is 0.161. The highest BCUT2D eigenvalue weighted by Gasteiger charge is 2.22. The minimum atomic E-state index is -1.38. The van der Waals surface area contributed by atoms with Crippen LogP contribution in [0.2, 0.25) is 0 Å². The second-order valence-corrected chi connectivity index (χ2v) is 10.2. The Bertz CT molecular complexity index is 1430. The summed E-state index contributed by atoms with van der Waals surface area (Å²) in [5.41, 5.74) is 2.86. The average molecular weight is 669 g/mol. The van der Waals surface area contributed by atoms with Crippen LogP contribution in [0.15, 0.2) is 106 Å². The fourth-order valence-corrected chi connectivity index (χ4v) is 4.27. The lowest BCUT2D eigenvalue weighted by Gasteiger charge is -2.15. The number of esters is 1. The second kappa shape index (κ2) is 15.8. The van der Waals surface area contributed by atoms with Crippen molar-refractivity contribution in [3.63, 3.8) is 0 Å². The molecule has 4 rings (SSSR count). The molecule has 0 aliphatic heterocycles. The molecule has 9 heteroatoms. The summed E-state index contributed by atoms with van der Waals surface area (Å²) in [4.78, 5) is 11.5. The third kappa shape index (κ3) is 9.21. The molecule has 40 heavy (non-hydrogen) atoms. The van der Waals surface area contributed by atoms with E-state index in [2.05, 4.69) is 36.6 Å². The highest BCUT2D eigenvalue weighted by Crippen LogP contribution is 2.31. The van der Waals surface area contributed by atoms with Gasteiger partial charge < -0.3 is 24.4 Å². The maximum absolute atomic E-state index is 11.5. The van der Waals surface area contributed by atoms with Gasteiger partial charge in [0.05, 0.1) is 13.2 Å². The van der Waals surface area contributed by atoms with Crippen molar-refractivity contribution in [1.82, 2.24) is 0 Å². The monoisotopic (exact) mass is 667 g/mol. The topological polar surface area (TPSA) is 109 Å². The lowest BCUT2D eigenvalue weighted by atomic mass is 10.1. The number of hydrogen-bond donors (Lipinski definition) is 2. The van der Waals surface area contributed by atoms with E-state index in [0.717, 1.165) is 20.1 Å². The molecule has 2 unspecified atom stereocenters. The Balaban J connectivity index is 0.000000222. The Morgan fingerprint density at radius 3 is 1.68 bits per heavy atom. The number of carbonyl (C=O) groups is 1. The maximum atomic E-state index is 11.5. The molecule has 206 valence electrons. The molecule has 2 N–H and O–H groups in total. The van der Waals surface area contributed by atoms with Gasteiger partial charge >= 0.3 is 5.97 Å². The first-order valence-corrected chi connectivity index (χ1v) is 13.7. The van der Waals surface area contributed by atoms with E-state index in [1.807, 2.05) is 66.7 Å². The van der Waals surface area contributed by atoms with E-state index in [4.69, 9.17) is 14.7 Å². The first-order chi connectivity index (χ1) is 19.3. The molecule has 0 saturated heterocycles. The number of nitrogens with zero attached hydrogens (tertiary/aromatic N) is 1. The summed E-state index contributed by atoms with van der Waals surface area (Å²) in [6, 6.07) is 31.5. The Kier molecular flexibility index (Phi) is 12.2. The van der Waals surface area contributed by atoms with Gasteiger partial charge in [0.15, 0.2) is 12.2 Å². The quantitative estimate of drug-likeness (QED) is 0.149. The number of carbonyl (C=O) groups excluding carboxylic acids is 1. The van der Waals surface area contributed by atoms with Gasteiger partial charge in [-0.1, -0.05) is 92.5 Å². The Labute approximate surface area is 249 Å². The van der Waals surface area contributed by atoms with E-state index < -0.39 is 18.2 Å². The molecule has 0 aliphatic rings. The second-order valence-electron chi connectivity index (χ2n) is 8.37. The summed E-state index contributed by atoms with van der Waals surface area (Å²) < 4.78 is 17.5. The summed E-state index contributed by atoms with van der Waals surface area (Å²) in [5.74, 6) is 0.235. The molecule has 4 aromatic carbocycles. The molecule has 0 fully saturated rings. The van der Waals surface area contributed by atoms with E-state index in [1.54, 1.807) is 36.4 Å². The molecule has 4 aromatic rings. The zero-order valence-corrected chi connectivity index (χ0v) is 24.7. The fourth-order valence-electron chi connectivity index (χ4n) is 3.51. The van der Waals surface area contributed by atoms with E-state index in [9.17, 15) is 15.0 Å². The van der Waals surface area contributed by atoms with Gasteiger partial charge in [-0.15, -0.1) is 0 Å². The number of hydrogen-bond acceptors (Lipinski definition) is 7. The summed E-state index contributed by atoms with van der Waals surface area (Å²) in [6.45, 7) is 0.747. The number of aliphatic hydroxyl groups excluding tert-OH is 2. The van der Waals surface area contributed by atoms with Gasteiger partial charge in [0, 0.05) is 20.1 Å². The van der Waals surface area contributed by atoms with Crippen LogP contribution in [0.1, 0.15) is 34.5 Å². The Morgan fingerprint density at radius 1 is 0.775 bits per heavy atom. The molecule has 0 radical (unpaired) electrons. The average Bonchev–Trinajstić information content (AvgIpc) is 3.00. The maximum Gasteiger partial charge on any atom is 0.339 e. The number of ether oxygens (including phenoxy) is 3. The van der Waals surface area contributed by atoms with Crippen LogP contribution in [0.5, 0.6) is 11.5 Å². The van der Waals surface area contributed by atoms with Crippen LogP contribution in [-0.2, 0) is 22.7 Å². The van der Waals surface area contributed by atoms with Crippen LogP contribution in [0.3, 0.4) is 0 Å². The first kappa shape index (κ1) is 30.9. The Morgan fingerprint density at radius 2 is 1.23 bits per heavy atom. The molecule has 7 nitrogen and oxygen atoms in total. The number of benzene rings is 4. The van der Waals surface area contributed by atoms with Crippen molar-refractivity contribution in [2.75, 3.05) is 7.11 Å². The van der Waals surface area contributed by atoms with Gasteiger partial charge in [-0.05, 0) is 47.5 Å². The highest BCUT2D eigenvalue weighted by molar-refractivity contribution is 9.10. The molecule has 0 aromatic heterocycles. The van der Waals surface area contributed by atoms with Crippen molar-refractivity contribution in [2.45, 2.75) is 25.4 Å². The van der Waals surface area contributed by atoms with Crippen molar-refractivity contribution < 1.29 is 29.2 Å². The first-order valence-electron chi connectivity index (χ1n) is 12.1. The molecule has 0 aliphatic carbocycles. The molecule has 0 bridgehead atoms. The number of halogens is 2. The van der Waals surface area contributed by atoms with Crippen LogP contribution in [0.25, 0.3) is 0 Å². The highest BCUT2D eigenvalue weighted by atomic mass is 79.9. The van der Waals surface area contributed by atoms with Crippen LogP contribution in [-0.4, -0.2) is 23.3 Å². The third-order valence-corrected chi connectivity index (χ3v) is 6.54. The predicted octanol–water partition coefficient (Wildman–Crippen LogP) is 6.82. The van der Waals surface area contributed by atoms with E-state index in [-0.39, 0.29) is 0 Å². The van der Waals surface area contributed by atoms with E-state index in [0.29, 0.717) is 35.8 Å². The van der Waals surface area contributed by atoms with Gasteiger partial charge in [-0.2, -0.15) is 5.26 Å². The molecule has 2 atom stereocenters. The standard InChI is InChI=1S/C16H15BrO4.C15H12BrNO2/c1-20-16(19)15(18)13-9-12(17)7-8-14(13)21-10-11-5-3-2-4-6-11;16-12-6-7-15(13(8-12)14(18)9-17)19-10-11-4-2-1-3-5-11/h2-9,15,18H,10H2,1H3;1-8,14,18H,10H2. The molecular formula is C31H27Br2NO6. The van der Waals surface area contributed by atoms with Crippen molar-refractivity contribution in [3.05, 3.63) is 128 Å². The SMILES string of the molecule is COC(=O)C(O)c1cc(Br)ccc1OCc1ccccc1.N#CC(O)c1cc(Br)ccc1OCc1ccccc1. The molecule has 0 amide bonds. The molecular weight excluding hydrogens is 642 g/mol. The van der Waals surface area contributed by atoms with Gasteiger partial charge in [-0.3, -0.25) is 0 Å². The summed E-state index contributed by atoms with van der Waals surface area (Å²) in [5, 5.41) is 28.5. The lowest BCUT2D eigenvalue weighted by Crippen LogP contribution is -2.14. The van der Waals surface area contributed by atoms with Crippen molar-refractivity contribution >= 4 is 37.8 Å². The normalized spacial score (nSPS) is 11.7. The zero-order chi connectivity index (χ0) is 28.9. The number of methoxy groups -OCH3 is 1.